The van der Waals surface area contributed by atoms with Crippen molar-refractivity contribution in [2.24, 2.45) is 10.7 Å². The third kappa shape index (κ3) is 10.0. The van der Waals surface area contributed by atoms with Crippen LogP contribution >= 0.6 is 24.8 Å². The average molecular weight is 361 g/mol. The maximum Gasteiger partial charge on any atom is 0.0389 e. The predicted molar refractivity (Wildman–Crippen MR) is 109 cm³/mol. The summed E-state index contributed by atoms with van der Waals surface area (Å²) in [7, 11) is 0. The van der Waals surface area contributed by atoms with Crippen molar-refractivity contribution in [1.82, 2.24) is 0 Å². The highest BCUT2D eigenvalue weighted by Crippen LogP contribution is 2.22. The second-order valence-electron chi connectivity index (χ2n) is 6.84. The van der Waals surface area contributed by atoms with Crippen LogP contribution in [0.25, 0.3) is 0 Å². The Labute approximate surface area is 155 Å². The second kappa shape index (κ2) is 12.8. The topological polar surface area (TPSA) is 38.4 Å². The zero-order valence-corrected chi connectivity index (χ0v) is 16.7. The van der Waals surface area contributed by atoms with E-state index >= 15 is 0 Å². The minimum atomic E-state index is 0. The number of unbranched alkanes of at least 4 members (excludes halogenated alkanes) is 3. The fraction of sp³-hybridized carbons (Fsp3) is 0.632. The first-order valence-electron chi connectivity index (χ1n) is 8.29. The molecule has 0 spiro atoms. The number of halogens is 2. The zero-order chi connectivity index (χ0) is 15.7. The molecule has 0 bridgehead atoms. The van der Waals surface area contributed by atoms with Crippen molar-refractivity contribution in [2.75, 3.05) is 13.1 Å². The molecule has 2 N–H and O–H groups in total. The van der Waals surface area contributed by atoms with Gasteiger partial charge in [-0.05, 0) is 23.0 Å². The molecule has 0 radical (unpaired) electrons. The summed E-state index contributed by atoms with van der Waals surface area (Å²) in [6.45, 7) is 10.4. The van der Waals surface area contributed by atoms with Gasteiger partial charge in [-0.3, -0.25) is 4.99 Å². The van der Waals surface area contributed by atoms with Gasteiger partial charge in [0.2, 0.25) is 0 Å². The first-order valence-corrected chi connectivity index (χ1v) is 8.29. The Morgan fingerprint density at radius 2 is 1.61 bits per heavy atom. The van der Waals surface area contributed by atoms with Gasteiger partial charge in [0.1, 0.15) is 0 Å². The summed E-state index contributed by atoms with van der Waals surface area (Å²) in [5, 5.41) is 0. The van der Waals surface area contributed by atoms with Crippen molar-refractivity contribution in [2.45, 2.75) is 65.2 Å². The molecular formula is C19H34Cl2N2. The number of benzene rings is 1. The molecule has 23 heavy (non-hydrogen) atoms. The molecule has 1 aromatic carbocycles. The summed E-state index contributed by atoms with van der Waals surface area (Å²) >= 11 is 0. The largest absolute Gasteiger partial charge is 0.325 e. The Bertz CT molecular complexity index is 434. The fourth-order valence-electron chi connectivity index (χ4n) is 2.33. The normalized spacial score (nSPS) is 11.6. The molecule has 0 aliphatic heterocycles. The lowest BCUT2D eigenvalue weighted by atomic mass is 9.86. The summed E-state index contributed by atoms with van der Waals surface area (Å²) in [5.74, 6) is 0. The van der Waals surface area contributed by atoms with Crippen LogP contribution in [0.15, 0.2) is 29.3 Å². The lowest BCUT2D eigenvalue weighted by molar-refractivity contribution is 0.590. The Balaban J connectivity index is 0. The summed E-state index contributed by atoms with van der Waals surface area (Å²) in [5.41, 5.74) is 9.84. The molecule has 0 saturated carbocycles. The molecule has 0 saturated heterocycles. The van der Waals surface area contributed by atoms with Gasteiger partial charge in [-0.1, -0.05) is 71.2 Å². The van der Waals surface area contributed by atoms with Gasteiger partial charge in [-0.2, -0.15) is 0 Å². The molecule has 0 atom stereocenters. The molecule has 0 aliphatic carbocycles. The highest BCUT2D eigenvalue weighted by atomic mass is 35.5. The van der Waals surface area contributed by atoms with E-state index in [1.165, 1.54) is 36.8 Å². The average Bonchev–Trinajstić information content (AvgIpc) is 2.45. The Kier molecular flexibility index (Phi) is 13.7. The van der Waals surface area contributed by atoms with Gasteiger partial charge in [0.15, 0.2) is 0 Å². The van der Waals surface area contributed by atoms with E-state index in [0.717, 1.165) is 18.7 Å². The van der Waals surface area contributed by atoms with Crippen molar-refractivity contribution >= 4 is 30.5 Å². The SMILES string of the molecule is CCCCCCN=C(CN)Cc1ccc(C(C)(C)C)cc1.Cl.Cl. The van der Waals surface area contributed by atoms with E-state index in [4.69, 9.17) is 5.73 Å². The molecule has 0 aromatic heterocycles. The van der Waals surface area contributed by atoms with E-state index in [2.05, 4.69) is 57.0 Å². The van der Waals surface area contributed by atoms with Crippen LogP contribution in [0, 0.1) is 0 Å². The van der Waals surface area contributed by atoms with Gasteiger partial charge in [0, 0.05) is 25.2 Å². The number of hydrogen-bond donors (Lipinski definition) is 1. The quantitative estimate of drug-likeness (QED) is 0.492. The van der Waals surface area contributed by atoms with Crippen LogP contribution in [-0.4, -0.2) is 18.8 Å². The first kappa shape index (κ1) is 24.7. The molecule has 1 aromatic rings. The van der Waals surface area contributed by atoms with Crippen molar-refractivity contribution in [3.05, 3.63) is 35.4 Å². The van der Waals surface area contributed by atoms with Crippen molar-refractivity contribution in [3.8, 4) is 0 Å². The lowest BCUT2D eigenvalue weighted by Gasteiger charge is -2.19. The maximum atomic E-state index is 5.83. The zero-order valence-electron chi connectivity index (χ0n) is 15.1. The van der Waals surface area contributed by atoms with Gasteiger partial charge in [0.25, 0.3) is 0 Å². The van der Waals surface area contributed by atoms with Gasteiger partial charge in [0.05, 0.1) is 0 Å². The van der Waals surface area contributed by atoms with Crippen LogP contribution in [0.5, 0.6) is 0 Å². The van der Waals surface area contributed by atoms with E-state index < -0.39 is 0 Å². The van der Waals surface area contributed by atoms with E-state index in [-0.39, 0.29) is 30.2 Å². The van der Waals surface area contributed by atoms with Crippen LogP contribution in [-0.2, 0) is 11.8 Å². The Hall–Kier alpha value is -0.570. The Morgan fingerprint density at radius 3 is 2.09 bits per heavy atom. The summed E-state index contributed by atoms with van der Waals surface area (Å²) < 4.78 is 0. The van der Waals surface area contributed by atoms with Crippen LogP contribution in [0.1, 0.15) is 64.5 Å². The van der Waals surface area contributed by atoms with Crippen LogP contribution in [0.4, 0.5) is 0 Å². The van der Waals surface area contributed by atoms with E-state index in [1.54, 1.807) is 0 Å². The standard InChI is InChI=1S/C19H32N2.2ClH/c1-5-6-7-8-13-21-18(15-20)14-16-9-11-17(12-10-16)19(2,3)4;;/h9-12H,5-8,13-15,20H2,1-4H3;2*1H. The second-order valence-corrected chi connectivity index (χ2v) is 6.84. The van der Waals surface area contributed by atoms with Gasteiger partial charge in [-0.25, -0.2) is 0 Å². The fourth-order valence-corrected chi connectivity index (χ4v) is 2.33. The van der Waals surface area contributed by atoms with Gasteiger partial charge in [-0.15, -0.1) is 24.8 Å². The van der Waals surface area contributed by atoms with E-state index in [0.29, 0.717) is 6.54 Å². The molecule has 0 heterocycles. The number of nitrogens with zero attached hydrogens (tertiary/aromatic N) is 1. The van der Waals surface area contributed by atoms with Crippen molar-refractivity contribution in [3.63, 3.8) is 0 Å². The van der Waals surface area contributed by atoms with Gasteiger partial charge < -0.3 is 5.73 Å². The Morgan fingerprint density at radius 1 is 1.00 bits per heavy atom. The number of hydrogen-bond acceptors (Lipinski definition) is 2. The van der Waals surface area contributed by atoms with Crippen molar-refractivity contribution < 1.29 is 0 Å². The first-order chi connectivity index (χ1) is 9.97. The summed E-state index contributed by atoms with van der Waals surface area (Å²) in [6, 6.07) is 8.88. The number of aliphatic imine (C=N–C) groups is 1. The van der Waals surface area contributed by atoms with Crippen LogP contribution < -0.4 is 5.73 Å². The highest BCUT2D eigenvalue weighted by Gasteiger charge is 2.12. The molecule has 0 amide bonds. The highest BCUT2D eigenvalue weighted by molar-refractivity contribution is 5.88. The third-order valence-electron chi connectivity index (χ3n) is 3.81. The number of rotatable bonds is 8. The molecule has 0 unspecified atom stereocenters. The third-order valence-corrected chi connectivity index (χ3v) is 3.81. The molecule has 2 nitrogen and oxygen atoms in total. The van der Waals surface area contributed by atoms with E-state index in [1.807, 2.05) is 0 Å². The lowest BCUT2D eigenvalue weighted by Crippen LogP contribution is -2.17. The minimum Gasteiger partial charge on any atom is -0.325 e. The van der Waals surface area contributed by atoms with Crippen molar-refractivity contribution in [1.29, 1.82) is 0 Å². The van der Waals surface area contributed by atoms with E-state index in [9.17, 15) is 0 Å². The monoisotopic (exact) mass is 360 g/mol. The summed E-state index contributed by atoms with van der Waals surface area (Å²) in [6.07, 6.45) is 5.92. The molecule has 4 heteroatoms. The van der Waals surface area contributed by atoms with Gasteiger partial charge >= 0.3 is 0 Å². The summed E-state index contributed by atoms with van der Waals surface area (Å²) in [4.78, 5) is 4.67. The molecule has 1 rings (SSSR count). The maximum absolute atomic E-state index is 5.83. The predicted octanol–water partition coefficient (Wildman–Crippen LogP) is 5.35. The smallest absolute Gasteiger partial charge is 0.0389 e. The molecular weight excluding hydrogens is 327 g/mol. The molecule has 0 aliphatic rings. The minimum absolute atomic E-state index is 0. The molecule has 0 fully saturated rings. The van der Waals surface area contributed by atoms with Crippen LogP contribution in [0.3, 0.4) is 0 Å². The number of nitrogens with two attached hydrogens (primary N) is 1. The van der Waals surface area contributed by atoms with Crippen LogP contribution in [0.2, 0.25) is 0 Å². The molecule has 134 valence electrons.